The summed E-state index contributed by atoms with van der Waals surface area (Å²) in [6.07, 6.45) is 1.34. The molecule has 0 N–H and O–H groups in total. The molecule has 1 fully saturated rings. The van der Waals surface area contributed by atoms with E-state index in [4.69, 9.17) is 9.47 Å². The van der Waals surface area contributed by atoms with E-state index in [1.807, 2.05) is 0 Å². The molecule has 15 heavy (non-hydrogen) atoms. The Morgan fingerprint density at radius 2 is 2.27 bits per heavy atom. The smallest absolute Gasteiger partial charge is 0.315 e. The average Bonchev–Trinajstić information content (AvgIpc) is 2.61. The number of nitrogens with zero attached hydrogens (tertiary/aromatic N) is 3. The van der Waals surface area contributed by atoms with Crippen LogP contribution in [0.4, 0.5) is 5.69 Å². The van der Waals surface area contributed by atoms with Gasteiger partial charge in [-0.1, -0.05) is 0 Å². The second-order valence-corrected chi connectivity index (χ2v) is 3.22. The van der Waals surface area contributed by atoms with Gasteiger partial charge < -0.3 is 9.47 Å². The molecular weight excluding hydrogens is 202 g/mol. The van der Waals surface area contributed by atoms with Crippen molar-refractivity contribution in [2.45, 2.75) is 12.7 Å². The van der Waals surface area contributed by atoms with Crippen molar-refractivity contribution < 1.29 is 14.4 Å². The van der Waals surface area contributed by atoms with E-state index in [1.54, 1.807) is 7.05 Å². The molecule has 2 heterocycles. The first kappa shape index (κ1) is 10.1. The fraction of sp³-hybridized carbons (Fsp3) is 0.625. The Morgan fingerprint density at radius 1 is 1.60 bits per heavy atom. The fourth-order valence-corrected chi connectivity index (χ4v) is 1.50. The number of aromatic nitrogens is 2. The lowest BCUT2D eigenvalue weighted by molar-refractivity contribution is -0.387. The summed E-state index contributed by atoms with van der Waals surface area (Å²) < 4.78 is 12.0. The van der Waals surface area contributed by atoms with Crippen molar-refractivity contribution in [3.05, 3.63) is 22.0 Å². The zero-order chi connectivity index (χ0) is 10.8. The van der Waals surface area contributed by atoms with Gasteiger partial charge in [-0.3, -0.25) is 14.8 Å². The maximum atomic E-state index is 10.7. The lowest BCUT2D eigenvalue weighted by atomic mass is 10.3. The lowest BCUT2D eigenvalue weighted by Crippen LogP contribution is -2.20. The molecule has 1 aromatic rings. The van der Waals surface area contributed by atoms with E-state index in [0.717, 1.165) is 6.42 Å². The Morgan fingerprint density at radius 3 is 2.87 bits per heavy atom. The molecule has 2 rings (SSSR count). The molecule has 82 valence electrons. The van der Waals surface area contributed by atoms with Crippen LogP contribution in [0.1, 0.15) is 18.4 Å². The van der Waals surface area contributed by atoms with Crippen molar-refractivity contribution in [1.82, 2.24) is 9.78 Å². The SMILES string of the molecule is Cn1ncc([N+](=O)[O-])c1C1OCCCO1. The minimum absolute atomic E-state index is 0.0654. The summed E-state index contributed by atoms with van der Waals surface area (Å²) in [6, 6.07) is 0. The van der Waals surface area contributed by atoms with Gasteiger partial charge in [0.2, 0.25) is 6.29 Å². The Kier molecular flexibility index (Phi) is 2.65. The third kappa shape index (κ3) is 1.83. The number of hydrogen-bond donors (Lipinski definition) is 0. The number of hydrogen-bond acceptors (Lipinski definition) is 5. The first-order valence-electron chi connectivity index (χ1n) is 4.59. The fourth-order valence-electron chi connectivity index (χ4n) is 1.50. The Hall–Kier alpha value is -1.47. The van der Waals surface area contributed by atoms with Gasteiger partial charge in [-0.2, -0.15) is 5.10 Å². The Bertz CT molecular complexity index is 370. The maximum absolute atomic E-state index is 10.7. The highest BCUT2D eigenvalue weighted by Crippen LogP contribution is 2.29. The van der Waals surface area contributed by atoms with Crippen molar-refractivity contribution >= 4 is 5.69 Å². The van der Waals surface area contributed by atoms with E-state index in [2.05, 4.69) is 5.10 Å². The molecular formula is C8H11N3O4. The summed E-state index contributed by atoms with van der Waals surface area (Å²) in [7, 11) is 1.63. The number of aryl methyl sites for hydroxylation is 1. The van der Waals surface area contributed by atoms with Crippen molar-refractivity contribution in [3.63, 3.8) is 0 Å². The molecule has 1 aromatic heterocycles. The van der Waals surface area contributed by atoms with Crippen LogP contribution in [0.3, 0.4) is 0 Å². The molecule has 0 saturated carbocycles. The van der Waals surface area contributed by atoms with Crippen LogP contribution in [0.25, 0.3) is 0 Å². The molecule has 0 bridgehead atoms. The van der Waals surface area contributed by atoms with Gasteiger partial charge in [0.15, 0.2) is 5.69 Å². The minimum atomic E-state index is -0.674. The monoisotopic (exact) mass is 213 g/mol. The number of ether oxygens (including phenoxy) is 2. The minimum Gasteiger partial charge on any atom is -0.347 e. The largest absolute Gasteiger partial charge is 0.347 e. The molecule has 0 radical (unpaired) electrons. The van der Waals surface area contributed by atoms with E-state index in [1.165, 1.54) is 10.9 Å². The van der Waals surface area contributed by atoms with Gasteiger partial charge in [0, 0.05) is 7.05 Å². The third-order valence-electron chi connectivity index (χ3n) is 2.21. The van der Waals surface area contributed by atoms with E-state index in [-0.39, 0.29) is 5.69 Å². The quantitative estimate of drug-likeness (QED) is 0.535. The van der Waals surface area contributed by atoms with Crippen LogP contribution in [0.5, 0.6) is 0 Å². The zero-order valence-electron chi connectivity index (χ0n) is 8.25. The molecule has 1 aliphatic heterocycles. The van der Waals surface area contributed by atoms with Gasteiger partial charge in [-0.05, 0) is 6.42 Å². The molecule has 0 amide bonds. The second kappa shape index (κ2) is 3.95. The van der Waals surface area contributed by atoms with Gasteiger partial charge >= 0.3 is 5.69 Å². The predicted molar refractivity (Wildman–Crippen MR) is 49.1 cm³/mol. The second-order valence-electron chi connectivity index (χ2n) is 3.22. The standard InChI is InChI=1S/C8H11N3O4/c1-10-7(6(5-9-10)11(12)13)8-14-3-2-4-15-8/h5,8H,2-4H2,1H3. The molecule has 0 unspecified atom stereocenters. The van der Waals surface area contributed by atoms with Crippen LogP contribution in [0.2, 0.25) is 0 Å². The van der Waals surface area contributed by atoms with Crippen LogP contribution in [-0.2, 0) is 16.5 Å². The average molecular weight is 213 g/mol. The molecule has 7 nitrogen and oxygen atoms in total. The molecule has 0 spiro atoms. The first-order chi connectivity index (χ1) is 7.20. The van der Waals surface area contributed by atoms with Crippen LogP contribution in [0.15, 0.2) is 6.20 Å². The Labute approximate surface area is 85.7 Å². The van der Waals surface area contributed by atoms with Crippen molar-refractivity contribution in [2.75, 3.05) is 13.2 Å². The highest BCUT2D eigenvalue weighted by atomic mass is 16.7. The van der Waals surface area contributed by atoms with Crippen molar-refractivity contribution in [2.24, 2.45) is 7.05 Å². The normalized spacial score (nSPS) is 17.9. The topological polar surface area (TPSA) is 79.4 Å². The van der Waals surface area contributed by atoms with Gasteiger partial charge in [0.05, 0.1) is 18.1 Å². The molecule has 0 atom stereocenters. The lowest BCUT2D eigenvalue weighted by Gasteiger charge is -2.22. The molecule has 1 saturated heterocycles. The number of rotatable bonds is 2. The van der Waals surface area contributed by atoms with Gasteiger partial charge in [0.25, 0.3) is 0 Å². The molecule has 0 aromatic carbocycles. The van der Waals surface area contributed by atoms with E-state index < -0.39 is 11.2 Å². The van der Waals surface area contributed by atoms with Crippen molar-refractivity contribution in [1.29, 1.82) is 0 Å². The summed E-state index contributed by atoms with van der Waals surface area (Å²) in [5, 5.41) is 14.5. The third-order valence-corrected chi connectivity index (χ3v) is 2.21. The summed E-state index contributed by atoms with van der Waals surface area (Å²) in [5.74, 6) is 0. The predicted octanol–water partition coefficient (Wildman–Crippen LogP) is 0.764. The van der Waals surface area contributed by atoms with Gasteiger partial charge in [-0.15, -0.1) is 0 Å². The van der Waals surface area contributed by atoms with Crippen molar-refractivity contribution in [3.8, 4) is 0 Å². The van der Waals surface area contributed by atoms with Crippen LogP contribution < -0.4 is 0 Å². The van der Waals surface area contributed by atoms with Gasteiger partial charge in [-0.25, -0.2) is 0 Å². The van der Waals surface area contributed by atoms with Crippen LogP contribution in [-0.4, -0.2) is 27.9 Å². The summed E-state index contributed by atoms with van der Waals surface area (Å²) in [6.45, 7) is 1.10. The Balaban J connectivity index is 2.32. The van der Waals surface area contributed by atoms with E-state index in [0.29, 0.717) is 18.9 Å². The highest BCUT2D eigenvalue weighted by molar-refractivity contribution is 5.33. The molecule has 1 aliphatic rings. The zero-order valence-corrected chi connectivity index (χ0v) is 8.25. The summed E-state index contributed by atoms with van der Waals surface area (Å²) in [4.78, 5) is 10.2. The van der Waals surface area contributed by atoms with E-state index in [9.17, 15) is 10.1 Å². The number of nitro groups is 1. The first-order valence-corrected chi connectivity index (χ1v) is 4.59. The highest BCUT2D eigenvalue weighted by Gasteiger charge is 2.29. The molecule has 0 aliphatic carbocycles. The van der Waals surface area contributed by atoms with E-state index >= 15 is 0 Å². The summed E-state index contributed by atoms with van der Waals surface area (Å²) in [5.41, 5.74) is 0.295. The molecule has 7 heteroatoms. The van der Waals surface area contributed by atoms with Crippen LogP contribution in [0, 0.1) is 10.1 Å². The van der Waals surface area contributed by atoms with Gasteiger partial charge in [0.1, 0.15) is 6.20 Å². The maximum Gasteiger partial charge on any atom is 0.315 e. The van der Waals surface area contributed by atoms with Crippen LogP contribution >= 0.6 is 0 Å². The summed E-state index contributed by atoms with van der Waals surface area (Å²) >= 11 is 0.